The van der Waals surface area contributed by atoms with Gasteiger partial charge >= 0.3 is 0 Å². The Hall–Kier alpha value is -1.22. The molecule has 3 rings (SSSR count). The van der Waals surface area contributed by atoms with Gasteiger partial charge < -0.3 is 15.2 Å². The molecule has 0 bridgehead atoms. The van der Waals surface area contributed by atoms with Crippen molar-refractivity contribution in [1.29, 1.82) is 0 Å². The molecular weight excluding hydrogens is 214 g/mol. The van der Waals surface area contributed by atoms with Crippen LogP contribution in [0.1, 0.15) is 50.2 Å². The van der Waals surface area contributed by atoms with E-state index in [4.69, 9.17) is 15.2 Å². The Bertz CT molecular complexity index is 450. The summed E-state index contributed by atoms with van der Waals surface area (Å²) < 4.78 is 10.9. The molecule has 0 saturated heterocycles. The maximum Gasteiger partial charge on any atom is 0.231 e. The monoisotopic (exact) mass is 233 g/mol. The van der Waals surface area contributed by atoms with Crippen molar-refractivity contribution in [3.05, 3.63) is 23.3 Å². The molecule has 3 heteroatoms. The van der Waals surface area contributed by atoms with Crippen molar-refractivity contribution in [3.8, 4) is 11.5 Å². The Morgan fingerprint density at radius 3 is 2.35 bits per heavy atom. The van der Waals surface area contributed by atoms with Crippen LogP contribution in [-0.4, -0.2) is 6.79 Å². The molecule has 1 heterocycles. The van der Waals surface area contributed by atoms with Crippen molar-refractivity contribution in [2.24, 2.45) is 5.73 Å². The minimum atomic E-state index is -0.138. The minimum absolute atomic E-state index is 0.138. The molecule has 3 nitrogen and oxygen atoms in total. The van der Waals surface area contributed by atoms with Crippen LogP contribution in [0.5, 0.6) is 11.5 Å². The second-order valence-electron chi connectivity index (χ2n) is 5.46. The molecule has 0 unspecified atom stereocenters. The first kappa shape index (κ1) is 10.9. The Morgan fingerprint density at radius 2 is 1.82 bits per heavy atom. The SMILES string of the molecule is CC(C)c1cc2c(cc1C1(N)CCC1)OCO2. The van der Waals surface area contributed by atoms with Gasteiger partial charge in [-0.2, -0.15) is 0 Å². The zero-order valence-corrected chi connectivity index (χ0v) is 10.5. The smallest absolute Gasteiger partial charge is 0.231 e. The Kier molecular flexibility index (Phi) is 2.33. The Morgan fingerprint density at radius 1 is 1.18 bits per heavy atom. The third kappa shape index (κ3) is 1.61. The average molecular weight is 233 g/mol. The number of hydrogen-bond donors (Lipinski definition) is 1. The maximum absolute atomic E-state index is 6.46. The zero-order valence-electron chi connectivity index (χ0n) is 10.5. The van der Waals surface area contributed by atoms with Crippen LogP contribution in [0.15, 0.2) is 12.1 Å². The fraction of sp³-hybridized carbons (Fsp3) is 0.571. The lowest BCUT2D eigenvalue weighted by molar-refractivity contribution is 0.173. The van der Waals surface area contributed by atoms with E-state index in [0.717, 1.165) is 24.3 Å². The number of hydrogen-bond acceptors (Lipinski definition) is 3. The molecule has 0 spiro atoms. The van der Waals surface area contributed by atoms with Crippen molar-refractivity contribution in [3.63, 3.8) is 0 Å². The van der Waals surface area contributed by atoms with Crippen LogP contribution < -0.4 is 15.2 Å². The summed E-state index contributed by atoms with van der Waals surface area (Å²) in [5, 5.41) is 0. The van der Waals surface area contributed by atoms with E-state index in [1.807, 2.05) is 0 Å². The molecular formula is C14H19NO2. The molecule has 2 N–H and O–H groups in total. The van der Waals surface area contributed by atoms with E-state index in [2.05, 4.69) is 26.0 Å². The highest BCUT2D eigenvalue weighted by molar-refractivity contribution is 5.52. The van der Waals surface area contributed by atoms with E-state index in [1.165, 1.54) is 17.5 Å². The summed E-state index contributed by atoms with van der Waals surface area (Å²) in [5.74, 6) is 2.17. The normalized spacial score (nSPS) is 20.5. The summed E-state index contributed by atoms with van der Waals surface area (Å²) in [4.78, 5) is 0. The minimum Gasteiger partial charge on any atom is -0.454 e. The fourth-order valence-electron chi connectivity index (χ4n) is 2.69. The van der Waals surface area contributed by atoms with Gasteiger partial charge in [0.2, 0.25) is 6.79 Å². The average Bonchev–Trinajstić information content (AvgIpc) is 2.70. The van der Waals surface area contributed by atoms with Crippen molar-refractivity contribution in [1.82, 2.24) is 0 Å². The van der Waals surface area contributed by atoms with Crippen molar-refractivity contribution < 1.29 is 9.47 Å². The second-order valence-corrected chi connectivity index (χ2v) is 5.46. The van der Waals surface area contributed by atoms with E-state index in [1.54, 1.807) is 0 Å². The summed E-state index contributed by atoms with van der Waals surface area (Å²) in [6.07, 6.45) is 3.38. The molecule has 1 saturated carbocycles. The first-order chi connectivity index (χ1) is 8.10. The number of ether oxygens (including phenoxy) is 2. The van der Waals surface area contributed by atoms with Gasteiger partial charge in [0.05, 0.1) is 0 Å². The van der Waals surface area contributed by atoms with E-state index in [9.17, 15) is 0 Å². The standard InChI is InChI=1S/C14H19NO2/c1-9(2)10-6-12-13(17-8-16-12)7-11(10)14(15)4-3-5-14/h6-7,9H,3-5,8,15H2,1-2H3. The lowest BCUT2D eigenvalue weighted by atomic mass is 9.70. The van der Waals surface area contributed by atoms with Gasteiger partial charge in [-0.25, -0.2) is 0 Å². The van der Waals surface area contributed by atoms with Crippen molar-refractivity contribution in [2.45, 2.75) is 44.6 Å². The first-order valence-electron chi connectivity index (χ1n) is 6.33. The molecule has 17 heavy (non-hydrogen) atoms. The number of fused-ring (bicyclic) bond motifs is 1. The quantitative estimate of drug-likeness (QED) is 0.854. The summed E-state index contributed by atoms with van der Waals surface area (Å²) >= 11 is 0. The largest absolute Gasteiger partial charge is 0.454 e. The van der Waals surface area contributed by atoms with Crippen LogP contribution in [0.2, 0.25) is 0 Å². The van der Waals surface area contributed by atoms with E-state index < -0.39 is 0 Å². The molecule has 1 aromatic rings. The first-order valence-corrected chi connectivity index (χ1v) is 6.33. The van der Waals surface area contributed by atoms with Gasteiger partial charge in [-0.05, 0) is 48.4 Å². The Labute approximate surface area is 102 Å². The third-order valence-electron chi connectivity index (χ3n) is 3.95. The highest BCUT2D eigenvalue weighted by Gasteiger charge is 2.37. The topological polar surface area (TPSA) is 44.5 Å². The lowest BCUT2D eigenvalue weighted by Crippen LogP contribution is -2.44. The molecule has 0 aromatic heterocycles. The molecule has 0 radical (unpaired) electrons. The molecule has 1 fully saturated rings. The van der Waals surface area contributed by atoms with Gasteiger partial charge in [0.1, 0.15) is 0 Å². The molecule has 0 amide bonds. The van der Waals surface area contributed by atoms with E-state index in [0.29, 0.717) is 12.7 Å². The maximum atomic E-state index is 6.46. The predicted molar refractivity (Wildman–Crippen MR) is 66.4 cm³/mol. The van der Waals surface area contributed by atoms with Gasteiger partial charge in [0.15, 0.2) is 11.5 Å². The zero-order chi connectivity index (χ0) is 12.0. The Balaban J connectivity index is 2.12. The predicted octanol–water partition coefficient (Wildman–Crippen LogP) is 2.88. The highest BCUT2D eigenvalue weighted by atomic mass is 16.7. The second kappa shape index (κ2) is 3.64. The molecule has 0 atom stereocenters. The summed E-state index contributed by atoms with van der Waals surface area (Å²) in [5.41, 5.74) is 8.88. The lowest BCUT2D eigenvalue weighted by Gasteiger charge is -2.40. The van der Waals surface area contributed by atoms with Crippen LogP contribution in [-0.2, 0) is 5.54 Å². The van der Waals surface area contributed by atoms with Crippen molar-refractivity contribution in [2.75, 3.05) is 6.79 Å². The van der Waals surface area contributed by atoms with Crippen LogP contribution in [0, 0.1) is 0 Å². The third-order valence-corrected chi connectivity index (χ3v) is 3.95. The van der Waals surface area contributed by atoms with Crippen LogP contribution in [0.3, 0.4) is 0 Å². The van der Waals surface area contributed by atoms with Gasteiger partial charge in [0, 0.05) is 5.54 Å². The molecule has 92 valence electrons. The van der Waals surface area contributed by atoms with Gasteiger partial charge in [-0.3, -0.25) is 0 Å². The summed E-state index contributed by atoms with van der Waals surface area (Å²) in [6.45, 7) is 4.72. The van der Waals surface area contributed by atoms with Crippen LogP contribution in [0.4, 0.5) is 0 Å². The van der Waals surface area contributed by atoms with Crippen LogP contribution >= 0.6 is 0 Å². The van der Waals surface area contributed by atoms with Gasteiger partial charge in [0.25, 0.3) is 0 Å². The number of nitrogens with two attached hydrogens (primary N) is 1. The van der Waals surface area contributed by atoms with Crippen molar-refractivity contribution >= 4 is 0 Å². The number of rotatable bonds is 2. The molecule has 1 aliphatic carbocycles. The van der Waals surface area contributed by atoms with Gasteiger partial charge in [-0.15, -0.1) is 0 Å². The van der Waals surface area contributed by atoms with E-state index in [-0.39, 0.29) is 5.54 Å². The summed E-state index contributed by atoms with van der Waals surface area (Å²) in [6, 6.07) is 4.20. The molecule has 2 aliphatic rings. The highest BCUT2D eigenvalue weighted by Crippen LogP contribution is 2.46. The van der Waals surface area contributed by atoms with Crippen LogP contribution in [0.25, 0.3) is 0 Å². The van der Waals surface area contributed by atoms with E-state index >= 15 is 0 Å². The molecule has 1 aromatic carbocycles. The summed E-state index contributed by atoms with van der Waals surface area (Å²) in [7, 11) is 0. The van der Waals surface area contributed by atoms with Gasteiger partial charge in [-0.1, -0.05) is 13.8 Å². The number of benzene rings is 1. The molecule has 1 aliphatic heterocycles. The fourth-order valence-corrected chi connectivity index (χ4v) is 2.69.